The van der Waals surface area contributed by atoms with Gasteiger partial charge >= 0.3 is 0 Å². The van der Waals surface area contributed by atoms with Crippen LogP contribution in [0.5, 0.6) is 11.6 Å². The van der Waals surface area contributed by atoms with Crippen molar-refractivity contribution in [1.82, 2.24) is 14.8 Å². The van der Waals surface area contributed by atoms with Crippen molar-refractivity contribution in [2.45, 2.75) is 6.42 Å². The predicted molar refractivity (Wildman–Crippen MR) is 103 cm³/mol. The lowest BCUT2D eigenvalue weighted by atomic mass is 10.1. The molecule has 0 aliphatic heterocycles. The zero-order chi connectivity index (χ0) is 18.6. The Morgan fingerprint density at radius 3 is 2.67 bits per heavy atom. The zero-order valence-electron chi connectivity index (χ0n) is 14.5. The molecule has 0 aliphatic carbocycles. The third-order valence-electron chi connectivity index (χ3n) is 4.07. The molecular weight excluding hydrogens is 338 g/mol. The zero-order valence-corrected chi connectivity index (χ0v) is 14.5. The molecule has 0 saturated carbocycles. The number of nitrogens with one attached hydrogen (secondary N) is 2. The first-order valence-corrected chi connectivity index (χ1v) is 8.48. The van der Waals surface area contributed by atoms with E-state index in [0.29, 0.717) is 18.1 Å². The predicted octanol–water partition coefficient (Wildman–Crippen LogP) is 3.77. The van der Waals surface area contributed by atoms with Gasteiger partial charge in [0.05, 0.1) is 5.52 Å². The van der Waals surface area contributed by atoms with E-state index in [4.69, 9.17) is 15.6 Å². The van der Waals surface area contributed by atoms with E-state index < -0.39 is 0 Å². The van der Waals surface area contributed by atoms with Gasteiger partial charge in [-0.15, -0.1) is 5.10 Å². The van der Waals surface area contributed by atoms with Gasteiger partial charge in [0.2, 0.25) is 5.88 Å². The van der Waals surface area contributed by atoms with Crippen molar-refractivity contribution in [2.75, 3.05) is 0 Å². The van der Waals surface area contributed by atoms with E-state index in [1.807, 2.05) is 60.7 Å². The summed E-state index contributed by atoms with van der Waals surface area (Å²) in [6.45, 7) is 0. The van der Waals surface area contributed by atoms with E-state index in [-0.39, 0.29) is 11.3 Å². The Kier molecular flexibility index (Phi) is 4.45. The minimum Gasteiger partial charge on any atom is -0.438 e. The molecule has 2 N–H and O–H groups in total. The van der Waals surface area contributed by atoms with Crippen molar-refractivity contribution < 1.29 is 4.74 Å². The molecular formula is C21H17N5O. The van der Waals surface area contributed by atoms with Crippen LogP contribution in [0.3, 0.4) is 0 Å². The largest absolute Gasteiger partial charge is 0.438 e. The summed E-state index contributed by atoms with van der Waals surface area (Å²) < 4.78 is 7.00. The highest BCUT2D eigenvalue weighted by molar-refractivity contribution is 5.85. The van der Waals surface area contributed by atoms with E-state index in [2.05, 4.69) is 10.1 Å². The fourth-order valence-electron chi connectivity index (χ4n) is 2.78. The fourth-order valence-corrected chi connectivity index (χ4v) is 2.78. The number of nitrogens with zero attached hydrogens (tertiary/aromatic N) is 3. The lowest BCUT2D eigenvalue weighted by molar-refractivity contribution is 0.447. The molecule has 6 heteroatoms. The molecule has 0 fully saturated rings. The van der Waals surface area contributed by atoms with Gasteiger partial charge in [-0.1, -0.05) is 30.3 Å². The van der Waals surface area contributed by atoms with Crippen LogP contribution in [0.4, 0.5) is 0 Å². The van der Waals surface area contributed by atoms with Crippen LogP contribution in [0.25, 0.3) is 10.9 Å². The third kappa shape index (κ3) is 3.74. The van der Waals surface area contributed by atoms with Crippen LogP contribution >= 0.6 is 0 Å². The highest BCUT2D eigenvalue weighted by atomic mass is 16.5. The van der Waals surface area contributed by atoms with Crippen LogP contribution in [-0.4, -0.2) is 20.6 Å². The SMILES string of the molecule is N=C(Cc1ccc2ncccc2c1)n1nc(Oc2ccccc2)ccc1=N. The number of pyridine rings is 1. The summed E-state index contributed by atoms with van der Waals surface area (Å²) in [6.07, 6.45) is 2.11. The Morgan fingerprint density at radius 1 is 0.963 bits per heavy atom. The molecule has 0 bridgehead atoms. The molecule has 27 heavy (non-hydrogen) atoms. The summed E-state index contributed by atoms with van der Waals surface area (Å²) in [5, 5.41) is 21.8. The molecule has 0 spiro atoms. The second-order valence-corrected chi connectivity index (χ2v) is 6.04. The van der Waals surface area contributed by atoms with Crippen molar-refractivity contribution in [3.05, 3.63) is 90.0 Å². The maximum atomic E-state index is 8.40. The molecule has 2 aromatic heterocycles. The van der Waals surface area contributed by atoms with Crippen LogP contribution < -0.4 is 10.2 Å². The quantitative estimate of drug-likeness (QED) is 0.431. The number of aromatic nitrogens is 3. The Hall–Kier alpha value is -3.80. The summed E-state index contributed by atoms with van der Waals surface area (Å²) >= 11 is 0. The number of ether oxygens (including phenoxy) is 1. The minimum absolute atomic E-state index is 0.128. The maximum absolute atomic E-state index is 8.40. The number of para-hydroxylation sites is 1. The van der Waals surface area contributed by atoms with Crippen LogP contribution in [0.1, 0.15) is 5.56 Å². The first kappa shape index (κ1) is 16.7. The minimum atomic E-state index is 0.128. The summed E-state index contributed by atoms with van der Waals surface area (Å²) in [4.78, 5) is 4.31. The van der Waals surface area contributed by atoms with Gasteiger partial charge in [0.25, 0.3) is 0 Å². The number of hydrogen-bond acceptors (Lipinski definition) is 5. The average Bonchev–Trinajstić information content (AvgIpc) is 2.70. The van der Waals surface area contributed by atoms with Gasteiger partial charge in [-0.2, -0.15) is 4.68 Å². The number of rotatable bonds is 4. The Balaban J connectivity index is 1.58. The smallest absolute Gasteiger partial charge is 0.237 e. The van der Waals surface area contributed by atoms with E-state index in [1.54, 1.807) is 18.3 Å². The summed E-state index contributed by atoms with van der Waals surface area (Å²) in [5.74, 6) is 1.19. The van der Waals surface area contributed by atoms with Crippen molar-refractivity contribution in [2.24, 2.45) is 0 Å². The first-order valence-electron chi connectivity index (χ1n) is 8.48. The van der Waals surface area contributed by atoms with Crippen molar-refractivity contribution in [1.29, 1.82) is 10.8 Å². The lowest BCUT2D eigenvalue weighted by Gasteiger charge is -2.10. The van der Waals surface area contributed by atoms with Gasteiger partial charge < -0.3 is 4.74 Å². The Bertz CT molecular complexity index is 1170. The number of fused-ring (bicyclic) bond motifs is 1. The monoisotopic (exact) mass is 355 g/mol. The van der Waals surface area contributed by atoms with Gasteiger partial charge in [0, 0.05) is 24.1 Å². The topological polar surface area (TPSA) is 87.6 Å². The highest BCUT2D eigenvalue weighted by Gasteiger charge is 2.08. The summed E-state index contributed by atoms with van der Waals surface area (Å²) in [5.41, 5.74) is 2.00. The van der Waals surface area contributed by atoms with Gasteiger partial charge in [-0.3, -0.25) is 15.8 Å². The Morgan fingerprint density at radius 2 is 1.81 bits per heavy atom. The first-order chi connectivity index (χ1) is 13.2. The van der Waals surface area contributed by atoms with Gasteiger partial charge in [-0.05, 0) is 42.0 Å². The molecule has 0 radical (unpaired) electrons. The molecule has 0 atom stereocenters. The molecule has 4 aromatic rings. The second kappa shape index (κ2) is 7.21. The average molecular weight is 355 g/mol. The standard InChI is InChI=1S/C21H17N5O/c22-19-10-11-21(27-17-6-2-1-3-7-17)25-26(19)20(23)14-15-8-9-18-16(13-15)5-4-12-24-18/h1-13,22-23H,14H2. The summed E-state index contributed by atoms with van der Waals surface area (Å²) in [6, 6.07) is 22.3. The van der Waals surface area contributed by atoms with Gasteiger partial charge in [-0.25, -0.2) is 0 Å². The van der Waals surface area contributed by atoms with E-state index in [1.165, 1.54) is 4.68 Å². The van der Waals surface area contributed by atoms with Crippen LogP contribution in [0, 0.1) is 10.8 Å². The van der Waals surface area contributed by atoms with Gasteiger partial charge in [0.1, 0.15) is 17.1 Å². The molecule has 6 nitrogen and oxygen atoms in total. The molecule has 0 amide bonds. The Labute approximate surface area is 155 Å². The summed E-state index contributed by atoms with van der Waals surface area (Å²) in [7, 11) is 0. The van der Waals surface area contributed by atoms with Crippen LogP contribution in [0.15, 0.2) is 79.0 Å². The van der Waals surface area contributed by atoms with Gasteiger partial charge in [0.15, 0.2) is 0 Å². The van der Waals surface area contributed by atoms with E-state index in [9.17, 15) is 0 Å². The molecule has 0 unspecified atom stereocenters. The molecule has 132 valence electrons. The molecule has 0 saturated heterocycles. The number of hydrogen-bond donors (Lipinski definition) is 2. The van der Waals surface area contributed by atoms with E-state index in [0.717, 1.165) is 16.5 Å². The van der Waals surface area contributed by atoms with Crippen molar-refractivity contribution >= 4 is 16.7 Å². The third-order valence-corrected chi connectivity index (χ3v) is 4.07. The second-order valence-electron chi connectivity index (χ2n) is 6.04. The van der Waals surface area contributed by atoms with E-state index >= 15 is 0 Å². The number of benzene rings is 2. The van der Waals surface area contributed by atoms with Crippen LogP contribution in [-0.2, 0) is 6.42 Å². The normalized spacial score (nSPS) is 10.7. The maximum Gasteiger partial charge on any atom is 0.237 e. The molecule has 2 heterocycles. The fraction of sp³-hybridized carbons (Fsp3) is 0.0476. The van der Waals surface area contributed by atoms with Crippen LogP contribution in [0.2, 0.25) is 0 Å². The highest BCUT2D eigenvalue weighted by Crippen LogP contribution is 2.17. The molecule has 4 rings (SSSR count). The molecule has 0 aliphatic rings. The lowest BCUT2D eigenvalue weighted by Crippen LogP contribution is -2.30. The van der Waals surface area contributed by atoms with Crippen molar-refractivity contribution in [3.63, 3.8) is 0 Å². The van der Waals surface area contributed by atoms with Crippen molar-refractivity contribution in [3.8, 4) is 11.6 Å². The molecule has 2 aromatic carbocycles.